The quantitative estimate of drug-likeness (QED) is 0.197. The van der Waals surface area contributed by atoms with Crippen LogP contribution < -0.4 is 4.74 Å². The van der Waals surface area contributed by atoms with Crippen molar-refractivity contribution in [1.29, 1.82) is 0 Å². The number of halogens is 1. The molecule has 0 aliphatic carbocycles. The van der Waals surface area contributed by atoms with Crippen molar-refractivity contribution >= 4 is 0 Å². The molecule has 0 aliphatic rings. The second kappa shape index (κ2) is 17.6. The van der Waals surface area contributed by atoms with E-state index in [0.717, 1.165) is 12.8 Å². The summed E-state index contributed by atoms with van der Waals surface area (Å²) in [5, 5.41) is 0. The molecule has 1 aromatic heterocycles. The van der Waals surface area contributed by atoms with Crippen LogP contribution in [-0.4, -0.2) is 11.6 Å². The Morgan fingerprint density at radius 2 is 1.30 bits per heavy atom. The van der Waals surface area contributed by atoms with Crippen LogP contribution in [0.2, 0.25) is 0 Å². The van der Waals surface area contributed by atoms with Gasteiger partial charge in [0.2, 0.25) is 0 Å². The van der Waals surface area contributed by atoms with Crippen molar-refractivity contribution in [2.24, 2.45) is 0 Å². The summed E-state index contributed by atoms with van der Waals surface area (Å²) in [4.78, 5) is 4.52. The van der Waals surface area contributed by atoms with E-state index in [1.54, 1.807) is 6.07 Å². The van der Waals surface area contributed by atoms with Gasteiger partial charge in [-0.25, -0.2) is 4.39 Å². The van der Waals surface area contributed by atoms with Gasteiger partial charge in [0.15, 0.2) is 0 Å². The highest BCUT2D eigenvalue weighted by Crippen LogP contribution is 2.25. The average molecular weight is 456 g/mol. The van der Waals surface area contributed by atoms with Gasteiger partial charge in [0.25, 0.3) is 0 Å². The lowest BCUT2D eigenvalue weighted by Gasteiger charge is -2.09. The first-order chi connectivity index (χ1) is 16.2. The molecule has 3 heteroatoms. The Kier molecular flexibility index (Phi) is 14.6. The van der Waals surface area contributed by atoms with Gasteiger partial charge in [-0.05, 0) is 43.0 Å². The molecule has 0 N–H and O–H groups in total. The molecule has 184 valence electrons. The number of hydrogen-bond acceptors (Lipinski definition) is 2. The zero-order valence-electron chi connectivity index (χ0n) is 21.2. The zero-order valence-corrected chi connectivity index (χ0v) is 21.2. The summed E-state index contributed by atoms with van der Waals surface area (Å²) < 4.78 is 20.4. The molecule has 2 nitrogen and oxygen atoms in total. The molecule has 0 spiro atoms. The molecule has 0 saturated carbocycles. The topological polar surface area (TPSA) is 22.1 Å². The van der Waals surface area contributed by atoms with E-state index in [2.05, 4.69) is 24.9 Å². The van der Waals surface area contributed by atoms with Crippen LogP contribution in [0.4, 0.5) is 4.39 Å². The van der Waals surface area contributed by atoms with Gasteiger partial charge in [-0.3, -0.25) is 4.98 Å². The van der Waals surface area contributed by atoms with Gasteiger partial charge in [0.05, 0.1) is 12.3 Å². The fourth-order valence-corrected chi connectivity index (χ4v) is 4.24. The summed E-state index contributed by atoms with van der Waals surface area (Å²) in [6.45, 7) is 5.15. The van der Waals surface area contributed by atoms with E-state index in [0.29, 0.717) is 23.6 Å². The Hall–Kier alpha value is -1.90. The minimum absolute atomic E-state index is 0.268. The zero-order chi connectivity index (χ0) is 23.6. The SMILES string of the molecule is CCCCCCCCCCOc1ccc(-c2ccc(CCCCCCCCC)cn2)c(F)c1. The van der Waals surface area contributed by atoms with Crippen molar-refractivity contribution in [2.75, 3.05) is 6.61 Å². The van der Waals surface area contributed by atoms with Gasteiger partial charge in [-0.15, -0.1) is 0 Å². The molecule has 0 saturated heterocycles. The van der Waals surface area contributed by atoms with Crippen LogP contribution >= 0.6 is 0 Å². The number of nitrogens with zero attached hydrogens (tertiary/aromatic N) is 1. The lowest BCUT2D eigenvalue weighted by molar-refractivity contribution is 0.303. The summed E-state index contributed by atoms with van der Waals surface area (Å²) in [5.41, 5.74) is 2.46. The summed E-state index contributed by atoms with van der Waals surface area (Å²) in [5.74, 6) is 0.338. The second-order valence-corrected chi connectivity index (χ2v) is 9.39. The fourth-order valence-electron chi connectivity index (χ4n) is 4.24. The Morgan fingerprint density at radius 1 is 0.697 bits per heavy atom. The van der Waals surface area contributed by atoms with Gasteiger partial charge >= 0.3 is 0 Å². The maximum Gasteiger partial charge on any atom is 0.136 e. The molecule has 0 bridgehead atoms. The van der Waals surface area contributed by atoms with Crippen molar-refractivity contribution in [2.45, 2.75) is 117 Å². The van der Waals surface area contributed by atoms with E-state index in [4.69, 9.17) is 4.74 Å². The Bertz CT molecular complexity index is 743. The van der Waals surface area contributed by atoms with E-state index < -0.39 is 0 Å². The maximum absolute atomic E-state index is 14.7. The van der Waals surface area contributed by atoms with Gasteiger partial charge in [-0.2, -0.15) is 0 Å². The lowest BCUT2D eigenvalue weighted by atomic mass is 10.0. The average Bonchev–Trinajstić information content (AvgIpc) is 2.83. The largest absolute Gasteiger partial charge is 0.493 e. The highest BCUT2D eigenvalue weighted by atomic mass is 19.1. The minimum atomic E-state index is -0.268. The molecule has 0 amide bonds. The van der Waals surface area contributed by atoms with Crippen LogP contribution in [0.25, 0.3) is 11.3 Å². The van der Waals surface area contributed by atoms with Gasteiger partial charge < -0.3 is 4.74 Å². The van der Waals surface area contributed by atoms with E-state index in [-0.39, 0.29) is 5.82 Å². The number of benzene rings is 1. The van der Waals surface area contributed by atoms with Crippen LogP contribution in [0.3, 0.4) is 0 Å². The van der Waals surface area contributed by atoms with Crippen LogP contribution in [0.15, 0.2) is 36.5 Å². The highest BCUT2D eigenvalue weighted by molar-refractivity contribution is 5.61. The van der Waals surface area contributed by atoms with Crippen LogP contribution in [-0.2, 0) is 6.42 Å². The molecule has 33 heavy (non-hydrogen) atoms. The summed E-state index contributed by atoms with van der Waals surface area (Å²) in [6, 6.07) is 9.17. The molecule has 0 fully saturated rings. The predicted octanol–water partition coefficient (Wildman–Crippen LogP) is 9.70. The maximum atomic E-state index is 14.7. The normalized spacial score (nSPS) is 11.1. The first-order valence-corrected chi connectivity index (χ1v) is 13.6. The number of aryl methyl sites for hydroxylation is 1. The molecule has 1 aromatic carbocycles. The summed E-state index contributed by atoms with van der Waals surface area (Å²) in [6.07, 6.45) is 22.3. The van der Waals surface area contributed by atoms with Crippen molar-refractivity contribution in [3.8, 4) is 17.0 Å². The smallest absolute Gasteiger partial charge is 0.136 e. The third-order valence-corrected chi connectivity index (χ3v) is 6.38. The Morgan fingerprint density at radius 3 is 1.88 bits per heavy atom. The molecule has 1 heterocycles. The van der Waals surface area contributed by atoms with E-state index >= 15 is 0 Å². The lowest BCUT2D eigenvalue weighted by Crippen LogP contribution is -1.98. The van der Waals surface area contributed by atoms with Crippen molar-refractivity contribution in [1.82, 2.24) is 4.98 Å². The number of rotatable bonds is 19. The molecule has 2 aromatic rings. The standard InChI is InChI=1S/C30H46FNO/c1-3-5-7-9-11-13-15-17-23-33-27-20-21-28(29(31)24-27)30-22-19-26(25-32-30)18-16-14-12-10-8-6-4-2/h19-22,24-25H,3-18,23H2,1-2H3. The van der Waals surface area contributed by atoms with Crippen molar-refractivity contribution in [3.05, 3.63) is 47.9 Å². The molecule has 0 radical (unpaired) electrons. The number of aromatic nitrogens is 1. The van der Waals surface area contributed by atoms with Crippen molar-refractivity contribution < 1.29 is 9.13 Å². The molecule has 2 rings (SSSR count). The fraction of sp³-hybridized carbons (Fsp3) is 0.633. The predicted molar refractivity (Wildman–Crippen MR) is 139 cm³/mol. The first kappa shape index (κ1) is 27.3. The van der Waals surface area contributed by atoms with E-state index in [1.807, 2.05) is 18.3 Å². The Labute approximate surface area is 202 Å². The number of pyridine rings is 1. The van der Waals surface area contributed by atoms with Crippen molar-refractivity contribution in [3.63, 3.8) is 0 Å². The Balaban J connectivity index is 1.68. The third-order valence-electron chi connectivity index (χ3n) is 6.38. The molecule has 0 atom stereocenters. The van der Waals surface area contributed by atoms with Crippen LogP contribution in [0.5, 0.6) is 5.75 Å². The number of hydrogen-bond donors (Lipinski definition) is 0. The van der Waals surface area contributed by atoms with Gasteiger partial charge in [0.1, 0.15) is 11.6 Å². The van der Waals surface area contributed by atoms with Gasteiger partial charge in [0, 0.05) is 17.8 Å². The van der Waals surface area contributed by atoms with Gasteiger partial charge in [-0.1, -0.05) is 103 Å². The molecule has 0 aliphatic heterocycles. The van der Waals surface area contributed by atoms with Crippen LogP contribution in [0.1, 0.15) is 116 Å². The summed E-state index contributed by atoms with van der Waals surface area (Å²) in [7, 11) is 0. The highest BCUT2D eigenvalue weighted by Gasteiger charge is 2.08. The monoisotopic (exact) mass is 455 g/mol. The minimum Gasteiger partial charge on any atom is -0.493 e. The second-order valence-electron chi connectivity index (χ2n) is 9.39. The summed E-state index contributed by atoms with van der Waals surface area (Å²) >= 11 is 0. The molecule has 0 unspecified atom stereocenters. The van der Waals surface area contributed by atoms with Crippen LogP contribution in [0, 0.1) is 5.82 Å². The molecular formula is C30H46FNO. The van der Waals surface area contributed by atoms with E-state index in [1.165, 1.54) is 102 Å². The number of unbranched alkanes of at least 4 members (excludes halogenated alkanes) is 13. The third kappa shape index (κ3) is 11.7. The first-order valence-electron chi connectivity index (χ1n) is 13.6. The van der Waals surface area contributed by atoms with E-state index in [9.17, 15) is 4.39 Å². The molecular weight excluding hydrogens is 409 g/mol. The number of ether oxygens (including phenoxy) is 1.